The van der Waals surface area contributed by atoms with Crippen LogP contribution in [0.1, 0.15) is 53.4 Å². The number of aromatic nitrogens is 2. The van der Waals surface area contributed by atoms with Crippen LogP contribution in [0.15, 0.2) is 24.4 Å². The number of benzene rings is 1. The van der Waals surface area contributed by atoms with Gasteiger partial charge in [-0.15, -0.1) is 0 Å². The fourth-order valence-corrected chi connectivity index (χ4v) is 4.03. The molecule has 126 valence electrons. The standard InChI is InChI=1S/C20H25N3O/c1-14-12-21-20(22-14)18-8-9-23(13-18)19(24)11-15-6-7-16-4-2-3-5-17(16)10-15/h6-7,10,12,18H,2-5,8-9,11,13H2,1H3,(H,21,22)/t18-/m0/s1. The maximum atomic E-state index is 12.7. The highest BCUT2D eigenvalue weighted by molar-refractivity contribution is 5.79. The first-order valence-corrected chi connectivity index (χ1v) is 9.09. The van der Waals surface area contributed by atoms with E-state index in [0.29, 0.717) is 12.3 Å². The number of aryl methyl sites for hydroxylation is 3. The zero-order chi connectivity index (χ0) is 16.5. The maximum Gasteiger partial charge on any atom is 0.227 e. The lowest BCUT2D eigenvalue weighted by Gasteiger charge is -2.19. The van der Waals surface area contributed by atoms with Crippen LogP contribution in [0.2, 0.25) is 0 Å². The number of aromatic amines is 1. The molecule has 0 bridgehead atoms. The second-order valence-corrected chi connectivity index (χ2v) is 7.26. The molecule has 1 saturated heterocycles. The monoisotopic (exact) mass is 323 g/mol. The van der Waals surface area contributed by atoms with E-state index in [9.17, 15) is 4.79 Å². The Hall–Kier alpha value is -2.10. The van der Waals surface area contributed by atoms with E-state index in [0.717, 1.165) is 36.6 Å². The summed E-state index contributed by atoms with van der Waals surface area (Å²) in [7, 11) is 0. The summed E-state index contributed by atoms with van der Waals surface area (Å²) in [6.45, 7) is 3.65. The number of likely N-dealkylation sites (tertiary alicyclic amines) is 1. The largest absolute Gasteiger partial charge is 0.346 e. The van der Waals surface area contributed by atoms with Crippen molar-refractivity contribution in [3.8, 4) is 0 Å². The van der Waals surface area contributed by atoms with Crippen molar-refractivity contribution in [3.05, 3.63) is 52.6 Å². The zero-order valence-corrected chi connectivity index (χ0v) is 14.3. The molecule has 0 unspecified atom stereocenters. The van der Waals surface area contributed by atoms with Gasteiger partial charge in [-0.3, -0.25) is 4.79 Å². The number of hydrogen-bond acceptors (Lipinski definition) is 2. The van der Waals surface area contributed by atoms with Crippen LogP contribution in [0.5, 0.6) is 0 Å². The number of hydrogen-bond donors (Lipinski definition) is 1. The summed E-state index contributed by atoms with van der Waals surface area (Å²) >= 11 is 0. The average molecular weight is 323 g/mol. The number of nitrogens with zero attached hydrogens (tertiary/aromatic N) is 2. The van der Waals surface area contributed by atoms with Crippen LogP contribution < -0.4 is 0 Å². The molecule has 1 aliphatic heterocycles. The Morgan fingerprint density at radius 2 is 2.12 bits per heavy atom. The van der Waals surface area contributed by atoms with Crippen LogP contribution in [-0.4, -0.2) is 33.9 Å². The molecule has 1 aromatic carbocycles. The number of H-pyrrole nitrogens is 1. The van der Waals surface area contributed by atoms with Gasteiger partial charge in [0.2, 0.25) is 5.91 Å². The van der Waals surface area contributed by atoms with Gasteiger partial charge >= 0.3 is 0 Å². The lowest BCUT2D eigenvalue weighted by atomic mass is 9.90. The van der Waals surface area contributed by atoms with E-state index < -0.39 is 0 Å². The third kappa shape index (κ3) is 3.10. The molecule has 4 heteroatoms. The highest BCUT2D eigenvalue weighted by Crippen LogP contribution is 2.26. The Balaban J connectivity index is 1.40. The summed E-state index contributed by atoms with van der Waals surface area (Å²) < 4.78 is 0. The Labute approximate surface area is 143 Å². The second kappa shape index (κ2) is 6.42. The summed E-state index contributed by atoms with van der Waals surface area (Å²) in [6, 6.07) is 6.64. The smallest absolute Gasteiger partial charge is 0.227 e. The number of amides is 1. The van der Waals surface area contributed by atoms with E-state index in [1.54, 1.807) is 0 Å². The van der Waals surface area contributed by atoms with E-state index in [2.05, 4.69) is 28.2 Å². The van der Waals surface area contributed by atoms with Crippen LogP contribution in [-0.2, 0) is 24.1 Å². The summed E-state index contributed by atoms with van der Waals surface area (Å²) in [5.41, 5.74) is 5.19. The molecule has 1 aromatic heterocycles. The van der Waals surface area contributed by atoms with Gasteiger partial charge in [0.05, 0.1) is 6.42 Å². The van der Waals surface area contributed by atoms with Crippen molar-refractivity contribution in [1.82, 2.24) is 14.9 Å². The number of imidazole rings is 1. The van der Waals surface area contributed by atoms with Gasteiger partial charge in [0.15, 0.2) is 0 Å². The number of rotatable bonds is 3. The SMILES string of the molecule is Cc1cnc([C@H]2CCN(C(=O)Cc3ccc4c(c3)CCCC4)C2)[nH]1. The second-order valence-electron chi connectivity index (χ2n) is 7.26. The average Bonchev–Trinajstić information content (AvgIpc) is 3.23. The Morgan fingerprint density at radius 1 is 1.29 bits per heavy atom. The van der Waals surface area contributed by atoms with Crippen molar-refractivity contribution in [3.63, 3.8) is 0 Å². The Kier molecular flexibility index (Phi) is 4.13. The summed E-state index contributed by atoms with van der Waals surface area (Å²) in [5, 5.41) is 0. The fourth-order valence-electron chi connectivity index (χ4n) is 4.03. The van der Waals surface area contributed by atoms with Crippen molar-refractivity contribution < 1.29 is 4.79 Å². The molecule has 4 nitrogen and oxygen atoms in total. The van der Waals surface area contributed by atoms with Crippen molar-refractivity contribution in [2.75, 3.05) is 13.1 Å². The summed E-state index contributed by atoms with van der Waals surface area (Å²) in [6.07, 6.45) is 8.33. The molecule has 2 aliphatic rings. The van der Waals surface area contributed by atoms with E-state index >= 15 is 0 Å². The maximum absolute atomic E-state index is 12.7. The van der Waals surface area contributed by atoms with E-state index in [-0.39, 0.29) is 5.91 Å². The Bertz CT molecular complexity index is 749. The van der Waals surface area contributed by atoms with Crippen molar-refractivity contribution >= 4 is 5.91 Å². The van der Waals surface area contributed by atoms with Gasteiger partial charge in [-0.1, -0.05) is 18.2 Å². The van der Waals surface area contributed by atoms with Crippen LogP contribution >= 0.6 is 0 Å². The quantitative estimate of drug-likeness (QED) is 0.943. The molecule has 2 aromatic rings. The van der Waals surface area contributed by atoms with Crippen molar-refractivity contribution in [2.24, 2.45) is 0 Å². The van der Waals surface area contributed by atoms with Gasteiger partial charge in [0, 0.05) is 30.9 Å². The lowest BCUT2D eigenvalue weighted by Crippen LogP contribution is -2.30. The van der Waals surface area contributed by atoms with Gasteiger partial charge in [-0.2, -0.15) is 0 Å². The minimum atomic E-state index is 0.247. The molecule has 1 aliphatic carbocycles. The number of carbonyl (C=O) groups is 1. The molecule has 0 radical (unpaired) electrons. The molecule has 2 heterocycles. The molecular weight excluding hydrogens is 298 g/mol. The number of carbonyl (C=O) groups excluding carboxylic acids is 1. The van der Waals surface area contributed by atoms with Crippen LogP contribution in [0.4, 0.5) is 0 Å². The topological polar surface area (TPSA) is 49.0 Å². The van der Waals surface area contributed by atoms with Crippen LogP contribution in [0.3, 0.4) is 0 Å². The van der Waals surface area contributed by atoms with Gasteiger partial charge in [-0.25, -0.2) is 4.98 Å². The van der Waals surface area contributed by atoms with Gasteiger partial charge < -0.3 is 9.88 Å². The molecule has 1 N–H and O–H groups in total. The van der Waals surface area contributed by atoms with E-state index in [1.807, 2.05) is 18.0 Å². The minimum Gasteiger partial charge on any atom is -0.346 e. The molecule has 1 atom stereocenters. The molecular formula is C20H25N3O. The van der Waals surface area contributed by atoms with Crippen molar-refractivity contribution in [1.29, 1.82) is 0 Å². The fraction of sp³-hybridized carbons (Fsp3) is 0.500. The van der Waals surface area contributed by atoms with Crippen LogP contribution in [0.25, 0.3) is 0 Å². The number of nitrogens with one attached hydrogen (secondary N) is 1. The van der Waals surface area contributed by atoms with E-state index in [1.165, 1.54) is 36.8 Å². The normalized spacial score (nSPS) is 20.2. The third-order valence-electron chi connectivity index (χ3n) is 5.42. The first-order chi connectivity index (χ1) is 11.7. The first-order valence-electron chi connectivity index (χ1n) is 9.09. The first kappa shape index (κ1) is 15.4. The number of fused-ring (bicyclic) bond motifs is 1. The highest BCUT2D eigenvalue weighted by atomic mass is 16.2. The molecule has 4 rings (SSSR count). The van der Waals surface area contributed by atoms with Crippen molar-refractivity contribution in [2.45, 2.75) is 51.4 Å². The summed E-state index contributed by atoms with van der Waals surface area (Å²) in [4.78, 5) is 22.4. The third-order valence-corrected chi connectivity index (χ3v) is 5.42. The Morgan fingerprint density at radius 3 is 2.92 bits per heavy atom. The lowest BCUT2D eigenvalue weighted by molar-refractivity contribution is -0.129. The molecule has 0 saturated carbocycles. The summed E-state index contributed by atoms with van der Waals surface area (Å²) in [5.74, 6) is 1.62. The molecule has 1 fully saturated rings. The van der Waals surface area contributed by atoms with E-state index in [4.69, 9.17) is 0 Å². The van der Waals surface area contributed by atoms with Crippen LogP contribution in [0, 0.1) is 6.92 Å². The van der Waals surface area contributed by atoms with Gasteiger partial charge in [0.1, 0.15) is 5.82 Å². The zero-order valence-electron chi connectivity index (χ0n) is 14.3. The molecule has 24 heavy (non-hydrogen) atoms. The predicted molar refractivity (Wildman–Crippen MR) is 94.1 cm³/mol. The minimum absolute atomic E-state index is 0.247. The predicted octanol–water partition coefficient (Wildman–Crippen LogP) is 3.16. The molecule has 0 spiro atoms. The van der Waals surface area contributed by atoms with Gasteiger partial charge in [-0.05, 0) is 55.7 Å². The van der Waals surface area contributed by atoms with Gasteiger partial charge in [0.25, 0.3) is 0 Å². The highest BCUT2D eigenvalue weighted by Gasteiger charge is 2.29. The molecule has 1 amide bonds.